The molecule has 0 spiro atoms. The number of benzene rings is 1. The van der Waals surface area contributed by atoms with Gasteiger partial charge < -0.3 is 19.9 Å². The SMILES string of the molecule is CC(C)OC(C)c1ccccc1C(C(=O)O)N1CCC(OCCCCc2ccc3c(n2)NCCC3)C1. The second-order valence-corrected chi connectivity index (χ2v) is 10.3. The van der Waals surface area contributed by atoms with Gasteiger partial charge in [-0.05, 0) is 82.1 Å². The average Bonchev–Trinajstić information content (AvgIpc) is 3.31. The highest BCUT2D eigenvalue weighted by atomic mass is 16.5. The van der Waals surface area contributed by atoms with Crippen molar-refractivity contribution in [2.45, 2.75) is 83.6 Å². The van der Waals surface area contributed by atoms with E-state index in [1.807, 2.05) is 49.9 Å². The number of rotatable bonds is 12. The van der Waals surface area contributed by atoms with Crippen LogP contribution in [0.5, 0.6) is 0 Å². The summed E-state index contributed by atoms with van der Waals surface area (Å²) >= 11 is 0. The predicted octanol–water partition coefficient (Wildman–Crippen LogP) is 5.17. The normalized spacial score (nSPS) is 19.6. The third kappa shape index (κ3) is 6.84. The molecule has 1 aromatic heterocycles. The first kappa shape index (κ1) is 26.6. The fraction of sp³-hybridized carbons (Fsp3) is 0.586. The third-order valence-corrected chi connectivity index (χ3v) is 7.11. The van der Waals surface area contributed by atoms with Gasteiger partial charge in [-0.15, -0.1) is 0 Å². The first-order valence-electron chi connectivity index (χ1n) is 13.5. The molecular formula is C29H41N3O4. The zero-order chi connectivity index (χ0) is 25.5. The summed E-state index contributed by atoms with van der Waals surface area (Å²) < 4.78 is 12.1. The molecule has 0 bridgehead atoms. The first-order chi connectivity index (χ1) is 17.4. The fourth-order valence-electron chi connectivity index (χ4n) is 5.39. The lowest BCUT2D eigenvalue weighted by atomic mass is 9.96. The smallest absolute Gasteiger partial charge is 0.325 e. The number of hydrogen-bond acceptors (Lipinski definition) is 6. The van der Waals surface area contributed by atoms with Crippen LogP contribution in [-0.4, -0.2) is 59.4 Å². The number of anilines is 1. The minimum Gasteiger partial charge on any atom is -0.480 e. The van der Waals surface area contributed by atoms with Crippen LogP contribution in [0.25, 0.3) is 0 Å². The average molecular weight is 496 g/mol. The molecule has 1 aromatic carbocycles. The van der Waals surface area contributed by atoms with Crippen LogP contribution in [0.1, 0.15) is 81.0 Å². The van der Waals surface area contributed by atoms with Crippen LogP contribution in [0, 0.1) is 0 Å². The van der Waals surface area contributed by atoms with Crippen LogP contribution < -0.4 is 5.32 Å². The quantitative estimate of drug-likeness (QED) is 0.393. The van der Waals surface area contributed by atoms with E-state index < -0.39 is 12.0 Å². The number of aryl methyl sites for hydroxylation is 2. The minimum absolute atomic E-state index is 0.0643. The van der Waals surface area contributed by atoms with Crippen molar-refractivity contribution in [3.05, 3.63) is 58.8 Å². The zero-order valence-electron chi connectivity index (χ0n) is 21.9. The number of hydrogen-bond donors (Lipinski definition) is 2. The predicted molar refractivity (Wildman–Crippen MR) is 141 cm³/mol. The second-order valence-electron chi connectivity index (χ2n) is 10.3. The Morgan fingerprint density at radius 3 is 2.75 bits per heavy atom. The molecule has 0 aliphatic carbocycles. The van der Waals surface area contributed by atoms with Crippen LogP contribution in [0.4, 0.5) is 5.82 Å². The highest BCUT2D eigenvalue weighted by Gasteiger charge is 2.35. The van der Waals surface area contributed by atoms with Crippen molar-refractivity contribution >= 4 is 11.8 Å². The monoisotopic (exact) mass is 495 g/mol. The van der Waals surface area contributed by atoms with Gasteiger partial charge in [-0.1, -0.05) is 30.3 Å². The number of likely N-dealkylation sites (tertiary alicyclic amines) is 1. The van der Waals surface area contributed by atoms with Gasteiger partial charge in [0.15, 0.2) is 0 Å². The van der Waals surface area contributed by atoms with E-state index in [-0.39, 0.29) is 18.3 Å². The van der Waals surface area contributed by atoms with Crippen LogP contribution >= 0.6 is 0 Å². The maximum Gasteiger partial charge on any atom is 0.325 e. The third-order valence-electron chi connectivity index (χ3n) is 7.11. The number of ether oxygens (including phenoxy) is 2. The largest absolute Gasteiger partial charge is 0.480 e. The summed E-state index contributed by atoms with van der Waals surface area (Å²) in [5, 5.41) is 13.6. The molecule has 3 heterocycles. The summed E-state index contributed by atoms with van der Waals surface area (Å²) in [7, 11) is 0. The van der Waals surface area contributed by atoms with Crippen LogP contribution in [0.15, 0.2) is 36.4 Å². The van der Waals surface area contributed by atoms with Gasteiger partial charge >= 0.3 is 5.97 Å². The van der Waals surface area contributed by atoms with Gasteiger partial charge in [0.2, 0.25) is 0 Å². The molecular weight excluding hydrogens is 454 g/mol. The van der Waals surface area contributed by atoms with Crippen molar-refractivity contribution in [2.24, 2.45) is 0 Å². The molecule has 2 aromatic rings. The van der Waals surface area contributed by atoms with Gasteiger partial charge in [0.25, 0.3) is 0 Å². The number of nitrogens with zero attached hydrogens (tertiary/aromatic N) is 2. The van der Waals surface area contributed by atoms with Gasteiger partial charge in [-0.25, -0.2) is 4.98 Å². The second kappa shape index (κ2) is 12.7. The Bertz CT molecular complexity index is 1010. The number of aliphatic carboxylic acids is 1. The fourth-order valence-corrected chi connectivity index (χ4v) is 5.39. The van der Waals surface area contributed by atoms with E-state index >= 15 is 0 Å². The molecule has 2 aliphatic rings. The lowest BCUT2D eigenvalue weighted by molar-refractivity contribution is -0.143. The van der Waals surface area contributed by atoms with Gasteiger partial charge in [-0.2, -0.15) is 0 Å². The summed E-state index contributed by atoms with van der Waals surface area (Å²) in [4.78, 5) is 19.2. The summed E-state index contributed by atoms with van der Waals surface area (Å²) in [6.07, 6.45) is 6.05. The number of carboxylic acids is 1. The molecule has 0 saturated carbocycles. The minimum atomic E-state index is -0.827. The zero-order valence-corrected chi connectivity index (χ0v) is 21.9. The van der Waals surface area contributed by atoms with Crippen molar-refractivity contribution in [2.75, 3.05) is 31.6 Å². The molecule has 7 heteroatoms. The Morgan fingerprint density at radius 2 is 1.97 bits per heavy atom. The van der Waals surface area contributed by atoms with Crippen molar-refractivity contribution in [1.82, 2.24) is 9.88 Å². The highest BCUT2D eigenvalue weighted by molar-refractivity contribution is 5.76. The molecule has 1 fully saturated rings. The molecule has 3 unspecified atom stereocenters. The van der Waals surface area contributed by atoms with Crippen molar-refractivity contribution in [1.29, 1.82) is 0 Å². The molecule has 0 radical (unpaired) electrons. The Labute approximate surface area is 215 Å². The number of pyridine rings is 1. The maximum absolute atomic E-state index is 12.4. The Balaban J connectivity index is 1.26. The molecule has 196 valence electrons. The van der Waals surface area contributed by atoms with E-state index in [4.69, 9.17) is 14.5 Å². The van der Waals surface area contributed by atoms with E-state index in [9.17, 15) is 9.90 Å². The highest BCUT2D eigenvalue weighted by Crippen LogP contribution is 2.33. The molecule has 7 nitrogen and oxygen atoms in total. The van der Waals surface area contributed by atoms with E-state index in [2.05, 4.69) is 17.4 Å². The van der Waals surface area contributed by atoms with Crippen LogP contribution in [0.2, 0.25) is 0 Å². The number of carbonyl (C=O) groups is 1. The lowest BCUT2D eigenvalue weighted by Crippen LogP contribution is -2.34. The molecule has 3 atom stereocenters. The summed E-state index contributed by atoms with van der Waals surface area (Å²) in [6, 6.07) is 11.4. The van der Waals surface area contributed by atoms with Gasteiger partial charge in [0.05, 0.1) is 18.3 Å². The number of carboxylic acid groups (broad SMARTS) is 1. The van der Waals surface area contributed by atoms with E-state index in [1.54, 1.807) is 0 Å². The van der Waals surface area contributed by atoms with Crippen molar-refractivity contribution in [3.63, 3.8) is 0 Å². The van der Waals surface area contributed by atoms with Crippen LogP contribution in [-0.2, 0) is 27.1 Å². The number of unbranched alkanes of at least 4 members (excludes halogenated alkanes) is 1. The number of aromatic nitrogens is 1. The van der Waals surface area contributed by atoms with Crippen LogP contribution in [0.3, 0.4) is 0 Å². The molecule has 2 N–H and O–H groups in total. The topological polar surface area (TPSA) is 83.9 Å². The molecule has 0 amide bonds. The summed E-state index contributed by atoms with van der Waals surface area (Å²) in [5.41, 5.74) is 4.21. The first-order valence-corrected chi connectivity index (χ1v) is 13.5. The Morgan fingerprint density at radius 1 is 1.17 bits per heavy atom. The van der Waals surface area contributed by atoms with Gasteiger partial charge in [0, 0.05) is 31.9 Å². The standard InChI is InChI=1S/C29H41N3O4/c1-20(2)36-21(3)25-11-4-5-12-26(25)27(29(33)34)32-17-15-24(19-32)35-18-7-6-10-23-14-13-22-9-8-16-30-28(22)31-23/h4-5,11-14,20-21,24,27H,6-10,15-19H2,1-3H3,(H,30,31)(H,33,34). The Hall–Kier alpha value is -2.48. The van der Waals surface area contributed by atoms with E-state index in [0.717, 1.165) is 61.3 Å². The number of fused-ring (bicyclic) bond motifs is 1. The summed E-state index contributed by atoms with van der Waals surface area (Å²) in [6.45, 7) is 9.02. The van der Waals surface area contributed by atoms with Crippen molar-refractivity contribution in [3.8, 4) is 0 Å². The van der Waals surface area contributed by atoms with E-state index in [1.165, 1.54) is 12.0 Å². The maximum atomic E-state index is 12.4. The molecule has 4 rings (SSSR count). The van der Waals surface area contributed by atoms with Crippen molar-refractivity contribution < 1.29 is 19.4 Å². The molecule has 2 aliphatic heterocycles. The number of nitrogens with one attached hydrogen (secondary N) is 1. The molecule has 1 saturated heterocycles. The summed E-state index contributed by atoms with van der Waals surface area (Å²) in [5.74, 6) is 0.229. The lowest BCUT2D eigenvalue weighted by Gasteiger charge is -2.28. The van der Waals surface area contributed by atoms with Gasteiger partial charge in [0.1, 0.15) is 11.9 Å². The Kier molecular flexibility index (Phi) is 9.35. The van der Waals surface area contributed by atoms with E-state index in [0.29, 0.717) is 19.7 Å². The molecule has 36 heavy (non-hydrogen) atoms. The van der Waals surface area contributed by atoms with Gasteiger partial charge in [-0.3, -0.25) is 9.69 Å².